The molecule has 6 N–H and O–H groups in total. The second-order valence-corrected chi connectivity index (χ2v) is 27.0. The topological polar surface area (TPSA) is 175 Å². The van der Waals surface area contributed by atoms with Crippen LogP contribution in [0.3, 0.4) is 0 Å². The van der Waals surface area contributed by atoms with Crippen LogP contribution < -0.4 is 5.32 Å². The molecule has 1 saturated heterocycles. The van der Waals surface area contributed by atoms with Crippen molar-refractivity contribution in [1.29, 1.82) is 0 Å². The van der Waals surface area contributed by atoms with Crippen molar-refractivity contribution in [2.75, 3.05) is 19.8 Å². The Labute approximate surface area is 560 Å². The van der Waals surface area contributed by atoms with Crippen LogP contribution >= 0.6 is 0 Å². The number of esters is 1. The Kier molecular flexibility index (Phi) is 65.2. The lowest BCUT2D eigenvalue weighted by Gasteiger charge is -2.40. The van der Waals surface area contributed by atoms with Crippen LogP contribution in [0.15, 0.2) is 60.8 Å². The summed E-state index contributed by atoms with van der Waals surface area (Å²) in [7, 11) is 0. The largest absolute Gasteiger partial charge is 0.466 e. The SMILES string of the molecule is CCCC/C=C\CCCCCCCC(=O)OCCCCCCCCCCCCCCC/C=C\C/C=C\CCCCCCCCCCCCCCCCCCCC(=O)NC(COC1OC(CO)C(O)C(O)C1O)C(O)/C=C/CC/C=C/CCCCCCCCCCC. The first-order chi connectivity index (χ1) is 44.7. The zero-order chi connectivity index (χ0) is 65.8. The second kappa shape index (κ2) is 68.7. The van der Waals surface area contributed by atoms with E-state index in [4.69, 9.17) is 14.2 Å². The van der Waals surface area contributed by atoms with Gasteiger partial charge in [-0.2, -0.15) is 0 Å². The summed E-state index contributed by atoms with van der Waals surface area (Å²) >= 11 is 0. The molecule has 0 aromatic heterocycles. The predicted octanol–water partition coefficient (Wildman–Crippen LogP) is 20.9. The minimum Gasteiger partial charge on any atom is -0.466 e. The lowest BCUT2D eigenvalue weighted by atomic mass is 9.99. The maximum absolute atomic E-state index is 13.1. The summed E-state index contributed by atoms with van der Waals surface area (Å²) in [5.41, 5.74) is 0. The van der Waals surface area contributed by atoms with Crippen molar-refractivity contribution in [3.8, 4) is 0 Å². The number of hydrogen-bond donors (Lipinski definition) is 6. The second-order valence-electron chi connectivity index (χ2n) is 27.0. The van der Waals surface area contributed by atoms with Gasteiger partial charge in [0.2, 0.25) is 5.91 Å². The quantitative estimate of drug-likeness (QED) is 0.0195. The average molecular weight is 1280 g/mol. The zero-order valence-corrected chi connectivity index (χ0v) is 59.3. The highest BCUT2D eigenvalue weighted by molar-refractivity contribution is 5.76. The number of allylic oxidation sites excluding steroid dienone is 9. The van der Waals surface area contributed by atoms with Crippen LogP contribution in [0, 0.1) is 0 Å². The molecule has 0 aliphatic carbocycles. The van der Waals surface area contributed by atoms with Crippen LogP contribution in [0.25, 0.3) is 0 Å². The van der Waals surface area contributed by atoms with Crippen LogP contribution in [-0.4, -0.2) is 100 Å². The first kappa shape index (κ1) is 86.4. The summed E-state index contributed by atoms with van der Waals surface area (Å²) in [4.78, 5) is 25.1. The Morgan fingerprint density at radius 3 is 1.19 bits per heavy atom. The summed E-state index contributed by atoms with van der Waals surface area (Å²) in [5.74, 6) is -0.186. The molecule has 7 unspecified atom stereocenters. The van der Waals surface area contributed by atoms with E-state index in [0.29, 0.717) is 19.4 Å². The minimum atomic E-state index is -1.58. The molecule has 7 atom stereocenters. The molecule has 0 bridgehead atoms. The van der Waals surface area contributed by atoms with E-state index in [1.807, 2.05) is 6.08 Å². The number of aliphatic hydroxyl groups is 5. The molecule has 0 aromatic rings. The Morgan fingerprint density at radius 1 is 0.407 bits per heavy atom. The molecule has 0 saturated carbocycles. The van der Waals surface area contributed by atoms with Gasteiger partial charge in [0.05, 0.1) is 32.0 Å². The van der Waals surface area contributed by atoms with Crippen molar-refractivity contribution >= 4 is 11.9 Å². The maximum atomic E-state index is 13.1. The Hall–Kier alpha value is -2.64. The predicted molar refractivity (Wildman–Crippen MR) is 384 cm³/mol. The Morgan fingerprint density at radius 2 is 0.758 bits per heavy atom. The number of carbonyl (C=O) groups excluding carboxylic acids is 2. The fourth-order valence-electron chi connectivity index (χ4n) is 12.2. The summed E-state index contributed by atoms with van der Waals surface area (Å²) in [6.07, 6.45) is 82.4. The number of rotatable bonds is 69. The van der Waals surface area contributed by atoms with Crippen LogP contribution in [-0.2, 0) is 23.8 Å². The monoisotopic (exact) mass is 1280 g/mol. The van der Waals surface area contributed by atoms with Gasteiger partial charge in [-0.3, -0.25) is 9.59 Å². The fourth-order valence-corrected chi connectivity index (χ4v) is 12.2. The molecular weight excluding hydrogens is 1130 g/mol. The number of nitrogens with one attached hydrogen (secondary N) is 1. The van der Waals surface area contributed by atoms with E-state index in [1.54, 1.807) is 6.08 Å². The number of unbranched alkanes of at least 4 members (excludes halogenated alkanes) is 47. The van der Waals surface area contributed by atoms with Gasteiger partial charge in [-0.05, 0) is 96.3 Å². The molecular formula is C80H147NO10. The highest BCUT2D eigenvalue weighted by Crippen LogP contribution is 2.23. The molecule has 0 aromatic carbocycles. The van der Waals surface area contributed by atoms with Gasteiger partial charge >= 0.3 is 5.97 Å². The number of aliphatic hydroxyl groups excluding tert-OH is 5. The molecule has 91 heavy (non-hydrogen) atoms. The molecule has 11 heteroatoms. The molecule has 1 aliphatic heterocycles. The smallest absolute Gasteiger partial charge is 0.305 e. The highest BCUT2D eigenvalue weighted by atomic mass is 16.7. The van der Waals surface area contributed by atoms with E-state index in [2.05, 4.69) is 67.8 Å². The Balaban J connectivity index is 1.95. The summed E-state index contributed by atoms with van der Waals surface area (Å²) < 4.78 is 16.7. The molecule has 1 rings (SSSR count). The highest BCUT2D eigenvalue weighted by Gasteiger charge is 2.44. The lowest BCUT2D eigenvalue weighted by molar-refractivity contribution is -0.302. The van der Waals surface area contributed by atoms with E-state index in [0.717, 1.165) is 64.2 Å². The summed E-state index contributed by atoms with van der Waals surface area (Å²) in [5, 5.41) is 54.6. The molecule has 0 radical (unpaired) electrons. The fraction of sp³-hybridized carbons (Fsp3) is 0.850. The molecule has 1 aliphatic rings. The van der Waals surface area contributed by atoms with Crippen LogP contribution in [0.2, 0.25) is 0 Å². The van der Waals surface area contributed by atoms with E-state index >= 15 is 0 Å². The van der Waals surface area contributed by atoms with Crippen LogP contribution in [0.4, 0.5) is 0 Å². The summed E-state index contributed by atoms with van der Waals surface area (Å²) in [6, 6.07) is -0.827. The number of carbonyl (C=O) groups is 2. The van der Waals surface area contributed by atoms with Gasteiger partial charge in [0.25, 0.3) is 0 Å². The van der Waals surface area contributed by atoms with Gasteiger partial charge in [-0.1, -0.05) is 325 Å². The molecule has 0 spiro atoms. The molecule has 1 heterocycles. The first-order valence-corrected chi connectivity index (χ1v) is 39.1. The lowest BCUT2D eigenvalue weighted by Crippen LogP contribution is -2.60. The first-order valence-electron chi connectivity index (χ1n) is 39.1. The zero-order valence-electron chi connectivity index (χ0n) is 59.3. The number of amides is 1. The minimum absolute atomic E-state index is 0.00128. The van der Waals surface area contributed by atoms with E-state index in [9.17, 15) is 35.1 Å². The van der Waals surface area contributed by atoms with Crippen molar-refractivity contribution in [2.45, 2.75) is 416 Å². The summed E-state index contributed by atoms with van der Waals surface area (Å²) in [6.45, 7) is 4.33. The van der Waals surface area contributed by atoms with Crippen LogP contribution in [0.1, 0.15) is 373 Å². The van der Waals surface area contributed by atoms with Crippen LogP contribution in [0.5, 0.6) is 0 Å². The van der Waals surface area contributed by atoms with Gasteiger partial charge < -0.3 is 45.1 Å². The van der Waals surface area contributed by atoms with E-state index in [-0.39, 0.29) is 18.5 Å². The molecule has 1 amide bonds. The van der Waals surface area contributed by atoms with Gasteiger partial charge in [-0.25, -0.2) is 0 Å². The van der Waals surface area contributed by atoms with Gasteiger partial charge in [-0.15, -0.1) is 0 Å². The normalized spacial score (nSPS) is 17.9. The van der Waals surface area contributed by atoms with Gasteiger partial charge in [0.15, 0.2) is 6.29 Å². The number of ether oxygens (including phenoxy) is 3. The van der Waals surface area contributed by atoms with Crippen molar-refractivity contribution in [3.63, 3.8) is 0 Å². The third kappa shape index (κ3) is 57.3. The average Bonchev–Trinajstić information content (AvgIpc) is 1.11. The molecule has 1 fully saturated rings. The maximum Gasteiger partial charge on any atom is 0.305 e. The standard InChI is InChI=1S/C80H147NO10/c1-3-5-7-9-11-13-15-16-40-43-47-50-54-58-62-66-73(83)72(71-90-80-79(88)78(87)77(86)74(70-82)91-80)81-75(84)67-63-59-55-51-48-44-41-38-36-34-32-30-28-26-24-22-20-18-17-19-21-23-25-27-29-31-33-35-37-39-42-45-49-53-57-61-65-69-89-76(85)68-64-60-56-52-46-14-12-10-8-6-4-2/h10,12,17,19,23,25,47,50,62,66,72-74,77-80,82-83,86-88H,3-9,11,13-16,18,20-22,24,26-46,48-49,51-61,63-65,67-71H2,1-2H3,(H,81,84)/b12-10-,19-17-,25-23-,50-47+,66-62+. The van der Waals surface area contributed by atoms with Crippen molar-refractivity contribution in [3.05, 3.63) is 60.8 Å². The van der Waals surface area contributed by atoms with Gasteiger partial charge in [0, 0.05) is 12.8 Å². The van der Waals surface area contributed by atoms with E-state index < -0.39 is 49.5 Å². The van der Waals surface area contributed by atoms with Crippen molar-refractivity contribution < 1.29 is 49.3 Å². The van der Waals surface area contributed by atoms with Crippen molar-refractivity contribution in [2.24, 2.45) is 0 Å². The third-order valence-corrected chi connectivity index (χ3v) is 18.3. The molecule has 11 nitrogen and oxygen atoms in total. The molecule has 532 valence electrons. The van der Waals surface area contributed by atoms with Crippen molar-refractivity contribution in [1.82, 2.24) is 5.32 Å². The Bertz CT molecular complexity index is 1700. The van der Waals surface area contributed by atoms with Gasteiger partial charge in [0.1, 0.15) is 24.4 Å². The third-order valence-electron chi connectivity index (χ3n) is 18.3. The van der Waals surface area contributed by atoms with E-state index in [1.165, 1.54) is 283 Å². The number of hydrogen-bond acceptors (Lipinski definition) is 10.